The quantitative estimate of drug-likeness (QED) is 0.268. The van der Waals surface area contributed by atoms with Crippen molar-refractivity contribution in [1.29, 1.82) is 0 Å². The van der Waals surface area contributed by atoms with Gasteiger partial charge < -0.3 is 50.0 Å². The maximum Gasteiger partial charge on any atom is 0.187 e. The fourth-order valence-electron chi connectivity index (χ4n) is 2.29. The van der Waals surface area contributed by atoms with E-state index in [1.807, 2.05) is 0 Å². The molecule has 2 rings (SSSR count). The van der Waals surface area contributed by atoms with Crippen LogP contribution in [0, 0.1) is 0 Å². The Morgan fingerprint density at radius 1 is 0.905 bits per heavy atom. The molecule has 9 atom stereocenters. The van der Waals surface area contributed by atoms with E-state index in [2.05, 4.69) is 4.74 Å². The molecule has 0 spiro atoms. The summed E-state index contributed by atoms with van der Waals surface area (Å²) in [5.74, 6) is 0. The maximum absolute atomic E-state index is 9.79. The van der Waals surface area contributed by atoms with E-state index in [0.29, 0.717) is 0 Å². The third-order valence-corrected chi connectivity index (χ3v) is 3.59. The molecule has 0 unspecified atom stereocenters. The Kier molecular flexibility index (Phi) is 5.48. The first-order valence-electron chi connectivity index (χ1n) is 6.48. The summed E-state index contributed by atoms with van der Waals surface area (Å²) < 4.78 is 15.0. The van der Waals surface area contributed by atoms with E-state index in [-0.39, 0.29) is 6.61 Å². The van der Waals surface area contributed by atoms with Crippen LogP contribution in [0.5, 0.6) is 0 Å². The van der Waals surface area contributed by atoms with Gasteiger partial charge in [-0.15, -0.1) is 0 Å². The molecule has 0 saturated carbocycles. The first-order chi connectivity index (χ1) is 9.86. The summed E-state index contributed by atoms with van der Waals surface area (Å²) in [6.45, 7) is -0.938. The third kappa shape index (κ3) is 3.35. The Hall–Kier alpha value is -0.400. The van der Waals surface area contributed by atoms with Gasteiger partial charge in [0.05, 0.1) is 13.2 Å². The summed E-state index contributed by atoms with van der Waals surface area (Å²) in [4.78, 5) is 0. The van der Waals surface area contributed by atoms with Gasteiger partial charge in [0.2, 0.25) is 0 Å². The smallest absolute Gasteiger partial charge is 0.187 e. The molecule has 2 aliphatic rings. The molecular formula is C11H20O10. The number of hydrogen-bond acceptors (Lipinski definition) is 10. The van der Waals surface area contributed by atoms with Gasteiger partial charge in [-0.05, 0) is 0 Å². The van der Waals surface area contributed by atoms with Crippen molar-refractivity contribution in [2.24, 2.45) is 0 Å². The monoisotopic (exact) mass is 312 g/mol. The fraction of sp³-hybridized carbons (Fsp3) is 1.00. The van der Waals surface area contributed by atoms with Crippen molar-refractivity contribution >= 4 is 0 Å². The largest absolute Gasteiger partial charge is 0.394 e. The number of ether oxygens (including phenoxy) is 3. The summed E-state index contributed by atoms with van der Waals surface area (Å²) in [6, 6.07) is 0. The summed E-state index contributed by atoms with van der Waals surface area (Å²) >= 11 is 0. The summed E-state index contributed by atoms with van der Waals surface area (Å²) in [7, 11) is 0. The lowest BCUT2D eigenvalue weighted by Crippen LogP contribution is -2.62. The average Bonchev–Trinajstić information content (AvgIpc) is 2.47. The topological polar surface area (TPSA) is 169 Å². The zero-order valence-corrected chi connectivity index (χ0v) is 11.0. The second-order valence-corrected chi connectivity index (χ2v) is 5.08. The molecule has 0 aromatic carbocycles. The van der Waals surface area contributed by atoms with Crippen molar-refractivity contribution in [3.05, 3.63) is 0 Å². The minimum atomic E-state index is -1.66. The minimum Gasteiger partial charge on any atom is -0.394 e. The lowest BCUT2D eigenvalue weighted by atomic mass is 9.98. The van der Waals surface area contributed by atoms with Gasteiger partial charge in [0.25, 0.3) is 0 Å². The van der Waals surface area contributed by atoms with Crippen LogP contribution in [0.1, 0.15) is 0 Å². The molecule has 0 aromatic rings. The van der Waals surface area contributed by atoms with Gasteiger partial charge in [0.15, 0.2) is 12.6 Å². The number of aliphatic hydroxyl groups is 7. The fourth-order valence-corrected chi connectivity index (χ4v) is 2.29. The van der Waals surface area contributed by atoms with Crippen molar-refractivity contribution in [1.82, 2.24) is 0 Å². The number of rotatable bonds is 3. The predicted molar refractivity (Wildman–Crippen MR) is 62.6 cm³/mol. The summed E-state index contributed by atoms with van der Waals surface area (Å²) in [5.41, 5.74) is 0. The molecule has 10 nitrogen and oxygen atoms in total. The Morgan fingerprint density at radius 3 is 2.19 bits per heavy atom. The molecule has 10 heteroatoms. The van der Waals surface area contributed by atoms with Crippen LogP contribution in [0.25, 0.3) is 0 Å². The molecule has 2 saturated heterocycles. The second-order valence-electron chi connectivity index (χ2n) is 5.08. The van der Waals surface area contributed by atoms with Gasteiger partial charge in [-0.3, -0.25) is 0 Å². The van der Waals surface area contributed by atoms with Crippen LogP contribution in [-0.4, -0.2) is 104 Å². The highest BCUT2D eigenvalue weighted by Gasteiger charge is 2.48. The number of aliphatic hydroxyl groups excluding tert-OH is 7. The van der Waals surface area contributed by atoms with E-state index in [9.17, 15) is 30.6 Å². The van der Waals surface area contributed by atoms with Crippen molar-refractivity contribution in [3.63, 3.8) is 0 Å². The van der Waals surface area contributed by atoms with E-state index in [4.69, 9.17) is 14.6 Å². The van der Waals surface area contributed by atoms with Crippen LogP contribution in [0.2, 0.25) is 0 Å². The lowest BCUT2D eigenvalue weighted by Gasteiger charge is -2.43. The van der Waals surface area contributed by atoms with Crippen LogP contribution in [0.15, 0.2) is 0 Å². The zero-order chi connectivity index (χ0) is 15.7. The van der Waals surface area contributed by atoms with Crippen molar-refractivity contribution < 1.29 is 50.0 Å². The van der Waals surface area contributed by atoms with Gasteiger partial charge in [0, 0.05) is 0 Å². The Labute approximate surface area is 119 Å². The van der Waals surface area contributed by atoms with Gasteiger partial charge in [0.1, 0.15) is 42.7 Å². The Morgan fingerprint density at radius 2 is 1.57 bits per heavy atom. The zero-order valence-electron chi connectivity index (χ0n) is 11.0. The van der Waals surface area contributed by atoms with Gasteiger partial charge in [-0.2, -0.15) is 0 Å². The molecule has 2 fully saturated rings. The molecule has 0 amide bonds. The SMILES string of the molecule is OC[C@H]1O[C@@H](O[C@@H]2[C@@H](O)[C@@H](O)OC[C@H]2O)[C@H](O)[C@@H](O)[C@H]1O. The molecule has 0 bridgehead atoms. The lowest BCUT2D eigenvalue weighted by molar-refractivity contribution is -0.345. The highest BCUT2D eigenvalue weighted by molar-refractivity contribution is 4.91. The normalized spacial score (nSPS) is 51.9. The van der Waals surface area contributed by atoms with Crippen LogP contribution < -0.4 is 0 Å². The third-order valence-electron chi connectivity index (χ3n) is 3.59. The van der Waals surface area contributed by atoms with Crippen molar-refractivity contribution in [3.8, 4) is 0 Å². The van der Waals surface area contributed by atoms with E-state index >= 15 is 0 Å². The Balaban J connectivity index is 2.06. The summed E-state index contributed by atoms with van der Waals surface area (Å²) in [6.07, 6.45) is -13.3. The molecule has 21 heavy (non-hydrogen) atoms. The van der Waals surface area contributed by atoms with Gasteiger partial charge >= 0.3 is 0 Å². The number of hydrogen-bond donors (Lipinski definition) is 7. The van der Waals surface area contributed by atoms with Crippen molar-refractivity contribution in [2.75, 3.05) is 13.2 Å². The van der Waals surface area contributed by atoms with E-state index < -0.39 is 61.9 Å². The van der Waals surface area contributed by atoms with Gasteiger partial charge in [-0.1, -0.05) is 0 Å². The molecule has 2 heterocycles. The average molecular weight is 312 g/mol. The van der Waals surface area contributed by atoms with Crippen molar-refractivity contribution in [2.45, 2.75) is 55.3 Å². The minimum absolute atomic E-state index is 0.305. The maximum atomic E-state index is 9.79. The van der Waals surface area contributed by atoms with Crippen LogP contribution in [0.4, 0.5) is 0 Å². The highest BCUT2D eigenvalue weighted by Crippen LogP contribution is 2.26. The van der Waals surface area contributed by atoms with Crippen LogP contribution in [0.3, 0.4) is 0 Å². The van der Waals surface area contributed by atoms with Crippen LogP contribution in [-0.2, 0) is 14.2 Å². The molecule has 7 N–H and O–H groups in total. The first-order valence-corrected chi connectivity index (χ1v) is 6.48. The Bertz CT molecular complexity index is 339. The second kappa shape index (κ2) is 6.79. The summed E-state index contributed by atoms with van der Waals surface area (Å²) in [5, 5.41) is 66.8. The molecule has 0 radical (unpaired) electrons. The predicted octanol–water partition coefficient (Wildman–Crippen LogP) is -4.76. The van der Waals surface area contributed by atoms with Crippen LogP contribution >= 0.6 is 0 Å². The molecular weight excluding hydrogens is 292 g/mol. The molecule has 124 valence electrons. The highest BCUT2D eigenvalue weighted by atomic mass is 16.7. The first kappa shape index (κ1) is 17.0. The molecule has 0 aromatic heterocycles. The van der Waals surface area contributed by atoms with Gasteiger partial charge in [-0.25, -0.2) is 0 Å². The van der Waals surface area contributed by atoms with E-state index in [1.165, 1.54) is 0 Å². The molecule has 2 aliphatic heterocycles. The van der Waals surface area contributed by atoms with E-state index in [0.717, 1.165) is 0 Å². The standard InChI is InChI=1S/C11H20O10/c12-1-4-5(14)6(15)7(16)11(20-4)21-9-3(13)2-19-10(18)8(9)17/h3-18H,1-2H2/t3-,4-,5+,6+,7-,8-,9+,10+,11+/m1/s1. The molecule has 0 aliphatic carbocycles. The van der Waals surface area contributed by atoms with E-state index in [1.54, 1.807) is 0 Å².